The zero-order valence-corrected chi connectivity index (χ0v) is 11.3. The van der Waals surface area contributed by atoms with Crippen LogP contribution in [0.4, 0.5) is 11.6 Å². The Bertz CT molecular complexity index is 385. The van der Waals surface area contributed by atoms with E-state index in [1.165, 1.54) is 12.8 Å². The second kappa shape index (κ2) is 6.00. The molecule has 2 heterocycles. The van der Waals surface area contributed by atoms with Crippen molar-refractivity contribution >= 4 is 11.6 Å². The Labute approximate surface area is 109 Å². The van der Waals surface area contributed by atoms with Crippen molar-refractivity contribution in [2.75, 3.05) is 23.4 Å². The molecule has 100 valence electrons. The lowest BCUT2D eigenvalue weighted by molar-refractivity contribution is 0.436. The van der Waals surface area contributed by atoms with Crippen LogP contribution in [0.1, 0.15) is 38.7 Å². The highest BCUT2D eigenvalue weighted by atomic mass is 15.3. The Kier molecular flexibility index (Phi) is 4.36. The molecule has 5 heteroatoms. The van der Waals surface area contributed by atoms with Crippen molar-refractivity contribution < 1.29 is 0 Å². The van der Waals surface area contributed by atoms with Crippen molar-refractivity contribution in [2.45, 2.75) is 39.5 Å². The molecule has 0 atom stereocenters. The average molecular weight is 249 g/mol. The van der Waals surface area contributed by atoms with Crippen LogP contribution in [0.25, 0.3) is 0 Å². The molecule has 18 heavy (non-hydrogen) atoms. The number of rotatable bonds is 4. The molecule has 1 fully saturated rings. The fourth-order valence-electron chi connectivity index (χ4n) is 2.50. The summed E-state index contributed by atoms with van der Waals surface area (Å²) in [6.07, 6.45) is 6.10. The molecule has 1 aliphatic rings. The molecule has 0 unspecified atom stereocenters. The number of hydrazine groups is 1. The van der Waals surface area contributed by atoms with Gasteiger partial charge in [-0.15, -0.1) is 0 Å². The van der Waals surface area contributed by atoms with Crippen molar-refractivity contribution in [3.05, 3.63) is 11.9 Å². The maximum absolute atomic E-state index is 5.54. The molecule has 0 amide bonds. The van der Waals surface area contributed by atoms with Gasteiger partial charge < -0.3 is 10.3 Å². The second-order valence-electron chi connectivity index (χ2n) is 5.09. The van der Waals surface area contributed by atoms with E-state index >= 15 is 0 Å². The van der Waals surface area contributed by atoms with Crippen LogP contribution in [0, 0.1) is 5.92 Å². The number of nitrogens with two attached hydrogens (primary N) is 1. The van der Waals surface area contributed by atoms with Gasteiger partial charge in [-0.25, -0.2) is 15.8 Å². The fraction of sp³-hybridized carbons (Fsp3) is 0.692. The number of aromatic nitrogens is 2. The maximum atomic E-state index is 5.54. The molecule has 2 rings (SSSR count). The number of nitrogen functional groups attached to an aromatic ring is 1. The van der Waals surface area contributed by atoms with Crippen molar-refractivity contribution in [2.24, 2.45) is 11.8 Å². The van der Waals surface area contributed by atoms with Gasteiger partial charge in [-0.1, -0.05) is 20.3 Å². The van der Waals surface area contributed by atoms with Gasteiger partial charge in [-0.2, -0.15) is 0 Å². The SMILES string of the molecule is CCCc1c(NN)ncnc1N1CCC(C)CC1. The average Bonchev–Trinajstić information content (AvgIpc) is 2.40. The van der Waals surface area contributed by atoms with Crippen LogP contribution in [0.3, 0.4) is 0 Å². The van der Waals surface area contributed by atoms with Crippen LogP contribution >= 0.6 is 0 Å². The van der Waals surface area contributed by atoms with Gasteiger partial charge in [0.1, 0.15) is 18.0 Å². The number of anilines is 2. The molecule has 0 aliphatic carbocycles. The molecule has 0 aromatic carbocycles. The first-order valence-corrected chi connectivity index (χ1v) is 6.81. The van der Waals surface area contributed by atoms with Crippen LogP contribution in [-0.4, -0.2) is 23.1 Å². The van der Waals surface area contributed by atoms with Gasteiger partial charge in [0, 0.05) is 18.7 Å². The molecular weight excluding hydrogens is 226 g/mol. The molecular formula is C13H23N5. The smallest absolute Gasteiger partial charge is 0.148 e. The van der Waals surface area contributed by atoms with E-state index < -0.39 is 0 Å². The van der Waals surface area contributed by atoms with Crippen molar-refractivity contribution in [3.8, 4) is 0 Å². The van der Waals surface area contributed by atoms with Crippen molar-refractivity contribution in [1.29, 1.82) is 0 Å². The van der Waals surface area contributed by atoms with Crippen LogP contribution in [0.5, 0.6) is 0 Å². The zero-order chi connectivity index (χ0) is 13.0. The van der Waals surface area contributed by atoms with Crippen LogP contribution in [-0.2, 0) is 6.42 Å². The quantitative estimate of drug-likeness (QED) is 0.630. The first kappa shape index (κ1) is 13.1. The molecule has 1 aromatic heterocycles. The lowest BCUT2D eigenvalue weighted by Crippen LogP contribution is -2.34. The number of hydrogen-bond acceptors (Lipinski definition) is 5. The van der Waals surface area contributed by atoms with E-state index in [9.17, 15) is 0 Å². The number of piperidine rings is 1. The highest BCUT2D eigenvalue weighted by molar-refractivity contribution is 5.58. The Morgan fingerprint density at radius 1 is 1.39 bits per heavy atom. The lowest BCUT2D eigenvalue weighted by Gasteiger charge is -2.32. The summed E-state index contributed by atoms with van der Waals surface area (Å²) in [5.74, 6) is 8.19. The van der Waals surface area contributed by atoms with Gasteiger partial charge in [0.05, 0.1) is 0 Å². The van der Waals surface area contributed by atoms with E-state index in [-0.39, 0.29) is 0 Å². The Morgan fingerprint density at radius 3 is 2.72 bits per heavy atom. The number of hydrogen-bond donors (Lipinski definition) is 2. The highest BCUT2D eigenvalue weighted by Gasteiger charge is 2.21. The number of nitrogens with zero attached hydrogens (tertiary/aromatic N) is 3. The zero-order valence-electron chi connectivity index (χ0n) is 11.3. The van der Waals surface area contributed by atoms with E-state index in [0.717, 1.165) is 49.0 Å². The summed E-state index contributed by atoms with van der Waals surface area (Å²) >= 11 is 0. The summed E-state index contributed by atoms with van der Waals surface area (Å²) in [4.78, 5) is 11.1. The third-order valence-electron chi connectivity index (χ3n) is 3.64. The summed E-state index contributed by atoms with van der Waals surface area (Å²) in [7, 11) is 0. The summed E-state index contributed by atoms with van der Waals surface area (Å²) in [5, 5.41) is 0. The topological polar surface area (TPSA) is 67.1 Å². The van der Waals surface area contributed by atoms with Gasteiger partial charge in [0.15, 0.2) is 0 Å². The largest absolute Gasteiger partial charge is 0.356 e. The summed E-state index contributed by atoms with van der Waals surface area (Å²) in [6, 6.07) is 0. The predicted octanol–water partition coefficient (Wildman–Crippen LogP) is 1.95. The molecule has 0 saturated carbocycles. The first-order chi connectivity index (χ1) is 8.76. The van der Waals surface area contributed by atoms with Gasteiger partial charge in [-0.05, 0) is 25.2 Å². The van der Waals surface area contributed by atoms with E-state index in [4.69, 9.17) is 5.84 Å². The van der Waals surface area contributed by atoms with Crippen LogP contribution in [0.15, 0.2) is 6.33 Å². The van der Waals surface area contributed by atoms with Crippen molar-refractivity contribution in [3.63, 3.8) is 0 Å². The summed E-state index contributed by atoms with van der Waals surface area (Å²) in [6.45, 7) is 6.64. The molecule has 0 radical (unpaired) electrons. The fourth-order valence-corrected chi connectivity index (χ4v) is 2.50. The predicted molar refractivity (Wildman–Crippen MR) is 74.4 cm³/mol. The Balaban J connectivity index is 2.25. The monoisotopic (exact) mass is 249 g/mol. The molecule has 1 aliphatic heterocycles. The van der Waals surface area contributed by atoms with Crippen molar-refractivity contribution in [1.82, 2.24) is 9.97 Å². The highest BCUT2D eigenvalue weighted by Crippen LogP contribution is 2.28. The molecule has 3 N–H and O–H groups in total. The summed E-state index contributed by atoms with van der Waals surface area (Å²) in [5.41, 5.74) is 3.84. The van der Waals surface area contributed by atoms with E-state index in [1.54, 1.807) is 6.33 Å². The van der Waals surface area contributed by atoms with E-state index in [1.807, 2.05) is 0 Å². The molecule has 0 bridgehead atoms. The lowest BCUT2D eigenvalue weighted by atomic mass is 9.98. The summed E-state index contributed by atoms with van der Waals surface area (Å²) < 4.78 is 0. The first-order valence-electron chi connectivity index (χ1n) is 6.81. The maximum Gasteiger partial charge on any atom is 0.148 e. The molecule has 0 spiro atoms. The Hall–Kier alpha value is -1.36. The normalized spacial score (nSPS) is 16.9. The standard InChI is InChI=1S/C13H23N5/c1-3-4-11-12(17-14)15-9-16-13(11)18-7-5-10(2)6-8-18/h9-10H,3-8,14H2,1-2H3,(H,15,16,17). The second-order valence-corrected chi connectivity index (χ2v) is 5.09. The molecule has 1 aromatic rings. The van der Waals surface area contributed by atoms with Gasteiger partial charge in [0.2, 0.25) is 0 Å². The van der Waals surface area contributed by atoms with Gasteiger partial charge >= 0.3 is 0 Å². The van der Waals surface area contributed by atoms with Gasteiger partial charge in [-0.3, -0.25) is 0 Å². The van der Waals surface area contributed by atoms with Crippen LogP contribution in [0.2, 0.25) is 0 Å². The van der Waals surface area contributed by atoms with E-state index in [0.29, 0.717) is 0 Å². The van der Waals surface area contributed by atoms with E-state index in [2.05, 4.69) is 34.1 Å². The molecule has 1 saturated heterocycles. The molecule has 5 nitrogen and oxygen atoms in total. The minimum atomic E-state index is 0.764. The minimum absolute atomic E-state index is 0.764. The minimum Gasteiger partial charge on any atom is -0.356 e. The third kappa shape index (κ3) is 2.72. The third-order valence-corrected chi connectivity index (χ3v) is 3.64. The van der Waals surface area contributed by atoms with Crippen LogP contribution < -0.4 is 16.2 Å². The van der Waals surface area contributed by atoms with Gasteiger partial charge in [0.25, 0.3) is 0 Å². The number of nitrogens with one attached hydrogen (secondary N) is 1. The Morgan fingerprint density at radius 2 is 2.11 bits per heavy atom.